The van der Waals surface area contributed by atoms with E-state index < -0.39 is 0 Å². The summed E-state index contributed by atoms with van der Waals surface area (Å²) in [5, 5.41) is 6.72. The van der Waals surface area contributed by atoms with Gasteiger partial charge in [0.05, 0.1) is 13.7 Å². The van der Waals surface area contributed by atoms with Crippen LogP contribution in [0.5, 0.6) is 11.5 Å². The van der Waals surface area contributed by atoms with Crippen molar-refractivity contribution in [2.75, 3.05) is 51.8 Å². The minimum absolute atomic E-state index is 0. The number of aliphatic imine (C=N–C) groups is 1. The summed E-state index contributed by atoms with van der Waals surface area (Å²) in [6.45, 7) is 12.2. The van der Waals surface area contributed by atoms with Gasteiger partial charge in [-0.3, -0.25) is 4.99 Å². The maximum absolute atomic E-state index is 5.59. The number of nitrogens with one attached hydrogen (secondary N) is 2. The zero-order valence-electron chi connectivity index (χ0n) is 17.8. The summed E-state index contributed by atoms with van der Waals surface area (Å²) in [4.78, 5) is 7.39. The van der Waals surface area contributed by atoms with Crippen molar-refractivity contribution >= 4 is 35.6 Å². The molecule has 1 aliphatic heterocycles. The molecule has 2 rings (SSSR count). The predicted octanol–water partition coefficient (Wildman–Crippen LogP) is 4.21. The van der Waals surface area contributed by atoms with Gasteiger partial charge in [0.15, 0.2) is 17.5 Å². The highest BCUT2D eigenvalue weighted by molar-refractivity contribution is 14.0. The molecule has 0 aliphatic carbocycles. The van der Waals surface area contributed by atoms with Crippen molar-refractivity contribution in [2.24, 2.45) is 10.9 Å². The van der Waals surface area contributed by atoms with Crippen molar-refractivity contribution in [3.05, 3.63) is 18.2 Å². The van der Waals surface area contributed by atoms with Crippen LogP contribution in [0.25, 0.3) is 0 Å². The Hall–Kier alpha value is -1.22. The summed E-state index contributed by atoms with van der Waals surface area (Å²) in [6, 6.07) is 5.86. The van der Waals surface area contributed by atoms with Gasteiger partial charge in [-0.1, -0.05) is 6.92 Å². The van der Waals surface area contributed by atoms with Gasteiger partial charge in [0.1, 0.15) is 0 Å². The minimum Gasteiger partial charge on any atom is -0.493 e. The van der Waals surface area contributed by atoms with Crippen molar-refractivity contribution in [1.82, 2.24) is 10.2 Å². The lowest BCUT2D eigenvalue weighted by Gasteiger charge is -2.31. The standard InChI is InChI=1S/C21H36N4O2.HI/c1-5-12-25-13-10-17(11-14-25)16-23-21(22-6-2)24-18-8-9-19(27-7-3)20(15-18)26-4;/h8-9,15,17H,5-7,10-14,16H2,1-4H3,(H2,22,23,24);1H. The molecule has 6 nitrogen and oxygen atoms in total. The largest absolute Gasteiger partial charge is 0.493 e. The number of methoxy groups -OCH3 is 1. The molecule has 7 heteroatoms. The van der Waals surface area contributed by atoms with E-state index in [9.17, 15) is 0 Å². The quantitative estimate of drug-likeness (QED) is 0.300. The Kier molecular flexibility index (Phi) is 12.3. The fourth-order valence-corrected chi connectivity index (χ4v) is 3.39. The van der Waals surface area contributed by atoms with Crippen LogP contribution >= 0.6 is 24.0 Å². The molecule has 0 aromatic heterocycles. The molecule has 0 radical (unpaired) electrons. The topological polar surface area (TPSA) is 58.1 Å². The summed E-state index contributed by atoms with van der Waals surface area (Å²) in [7, 11) is 1.66. The van der Waals surface area contributed by atoms with Crippen LogP contribution in [0.2, 0.25) is 0 Å². The highest BCUT2D eigenvalue weighted by Gasteiger charge is 2.18. The van der Waals surface area contributed by atoms with Crippen molar-refractivity contribution in [3.63, 3.8) is 0 Å². The van der Waals surface area contributed by atoms with Gasteiger partial charge in [-0.2, -0.15) is 0 Å². The highest BCUT2D eigenvalue weighted by atomic mass is 127. The molecule has 0 saturated carbocycles. The first-order valence-electron chi connectivity index (χ1n) is 10.3. The molecule has 1 heterocycles. The van der Waals surface area contributed by atoms with Gasteiger partial charge in [0.25, 0.3) is 0 Å². The number of likely N-dealkylation sites (tertiary alicyclic amines) is 1. The maximum atomic E-state index is 5.59. The number of anilines is 1. The summed E-state index contributed by atoms with van der Waals surface area (Å²) in [5.74, 6) is 2.97. The van der Waals surface area contributed by atoms with Gasteiger partial charge in [-0.15, -0.1) is 24.0 Å². The third-order valence-corrected chi connectivity index (χ3v) is 4.83. The molecule has 1 saturated heterocycles. The second-order valence-electron chi connectivity index (χ2n) is 6.93. The van der Waals surface area contributed by atoms with E-state index in [4.69, 9.17) is 14.5 Å². The molecule has 0 atom stereocenters. The number of guanidine groups is 1. The zero-order chi connectivity index (χ0) is 19.5. The van der Waals surface area contributed by atoms with Crippen LogP contribution < -0.4 is 20.1 Å². The van der Waals surface area contributed by atoms with E-state index in [1.807, 2.05) is 25.1 Å². The van der Waals surface area contributed by atoms with Gasteiger partial charge in [0, 0.05) is 24.8 Å². The summed E-state index contributed by atoms with van der Waals surface area (Å²) < 4.78 is 11.0. The number of rotatable bonds is 9. The fraction of sp³-hybridized carbons (Fsp3) is 0.667. The first-order chi connectivity index (χ1) is 13.2. The Morgan fingerprint density at radius 3 is 2.54 bits per heavy atom. The van der Waals surface area contributed by atoms with E-state index in [1.165, 1.54) is 38.9 Å². The molecule has 1 aromatic carbocycles. The Balaban J connectivity index is 0.00000392. The van der Waals surface area contributed by atoms with Crippen molar-refractivity contribution in [3.8, 4) is 11.5 Å². The van der Waals surface area contributed by atoms with Gasteiger partial charge in [0.2, 0.25) is 0 Å². The zero-order valence-corrected chi connectivity index (χ0v) is 20.1. The van der Waals surface area contributed by atoms with E-state index in [0.717, 1.165) is 36.2 Å². The van der Waals surface area contributed by atoms with Crippen LogP contribution in [0, 0.1) is 5.92 Å². The number of halogens is 1. The normalized spacial score (nSPS) is 15.6. The number of hydrogen-bond acceptors (Lipinski definition) is 4. The molecule has 28 heavy (non-hydrogen) atoms. The highest BCUT2D eigenvalue weighted by Crippen LogP contribution is 2.30. The first-order valence-corrected chi connectivity index (χ1v) is 10.3. The van der Waals surface area contributed by atoms with Gasteiger partial charge < -0.3 is 25.0 Å². The monoisotopic (exact) mass is 504 g/mol. The maximum Gasteiger partial charge on any atom is 0.195 e. The van der Waals surface area contributed by atoms with E-state index >= 15 is 0 Å². The molecule has 0 spiro atoms. The molecule has 1 aromatic rings. The predicted molar refractivity (Wildman–Crippen MR) is 129 cm³/mol. The van der Waals surface area contributed by atoms with Gasteiger partial charge >= 0.3 is 0 Å². The third kappa shape index (κ3) is 8.03. The summed E-state index contributed by atoms with van der Waals surface area (Å²) in [6.07, 6.45) is 3.71. The van der Waals surface area contributed by atoms with Crippen LogP contribution in [-0.4, -0.2) is 57.3 Å². The number of piperidine rings is 1. The SMILES string of the molecule is CCCN1CCC(CN=C(NCC)Nc2ccc(OCC)c(OC)c2)CC1.I. The molecule has 0 unspecified atom stereocenters. The molecule has 0 bridgehead atoms. The Morgan fingerprint density at radius 1 is 1.18 bits per heavy atom. The number of benzene rings is 1. The third-order valence-electron chi connectivity index (χ3n) is 4.83. The van der Waals surface area contributed by atoms with Crippen LogP contribution in [0.3, 0.4) is 0 Å². The molecular weight excluding hydrogens is 467 g/mol. The fourth-order valence-electron chi connectivity index (χ4n) is 3.39. The molecule has 0 amide bonds. The van der Waals surface area contributed by atoms with E-state index in [0.29, 0.717) is 12.5 Å². The Morgan fingerprint density at radius 2 is 1.93 bits per heavy atom. The van der Waals surface area contributed by atoms with Crippen LogP contribution in [-0.2, 0) is 0 Å². The summed E-state index contributed by atoms with van der Waals surface area (Å²) >= 11 is 0. The first kappa shape index (κ1) is 24.8. The van der Waals surface area contributed by atoms with E-state index in [1.54, 1.807) is 7.11 Å². The number of nitrogens with zero attached hydrogens (tertiary/aromatic N) is 2. The molecule has 1 fully saturated rings. The summed E-state index contributed by atoms with van der Waals surface area (Å²) in [5.41, 5.74) is 0.938. The van der Waals surface area contributed by atoms with E-state index in [2.05, 4.69) is 29.4 Å². The number of hydrogen-bond donors (Lipinski definition) is 2. The molecule has 160 valence electrons. The lowest BCUT2D eigenvalue weighted by atomic mass is 9.97. The van der Waals surface area contributed by atoms with Crippen LogP contribution in [0.4, 0.5) is 5.69 Å². The van der Waals surface area contributed by atoms with Crippen molar-refractivity contribution in [2.45, 2.75) is 40.0 Å². The van der Waals surface area contributed by atoms with Gasteiger partial charge in [-0.05, 0) is 70.8 Å². The second-order valence-corrected chi connectivity index (χ2v) is 6.93. The molecule has 2 N–H and O–H groups in total. The lowest BCUT2D eigenvalue weighted by molar-refractivity contribution is 0.188. The van der Waals surface area contributed by atoms with Crippen molar-refractivity contribution < 1.29 is 9.47 Å². The average molecular weight is 504 g/mol. The second kappa shape index (κ2) is 13.9. The van der Waals surface area contributed by atoms with Crippen LogP contribution in [0.15, 0.2) is 23.2 Å². The smallest absolute Gasteiger partial charge is 0.195 e. The average Bonchev–Trinajstić information content (AvgIpc) is 2.69. The van der Waals surface area contributed by atoms with E-state index in [-0.39, 0.29) is 24.0 Å². The Labute approximate surface area is 187 Å². The van der Waals surface area contributed by atoms with Gasteiger partial charge in [-0.25, -0.2) is 0 Å². The Bertz CT molecular complexity index is 590. The van der Waals surface area contributed by atoms with Crippen molar-refractivity contribution in [1.29, 1.82) is 0 Å². The van der Waals surface area contributed by atoms with Crippen LogP contribution in [0.1, 0.15) is 40.0 Å². The molecular formula is C21H37IN4O2. The lowest BCUT2D eigenvalue weighted by Crippen LogP contribution is -2.36. The minimum atomic E-state index is 0. The molecule has 1 aliphatic rings. The number of ether oxygens (including phenoxy) is 2.